The van der Waals surface area contributed by atoms with Crippen molar-refractivity contribution >= 4 is 0 Å². The van der Waals surface area contributed by atoms with E-state index in [0.717, 1.165) is 5.56 Å². The molecule has 0 spiro atoms. The summed E-state index contributed by atoms with van der Waals surface area (Å²) in [5.74, 6) is 0.106. The topological polar surface area (TPSA) is 44.5 Å². The molecule has 3 nitrogen and oxygen atoms in total. The molecule has 0 atom stereocenters. The van der Waals surface area contributed by atoms with Crippen LogP contribution in [-0.2, 0) is 0 Å². The Hall–Kier alpha value is -1.29. The van der Waals surface area contributed by atoms with Crippen LogP contribution in [0.15, 0.2) is 12.1 Å². The highest BCUT2D eigenvalue weighted by molar-refractivity contribution is 5.43. The Balaban J connectivity index is 2.99. The van der Waals surface area contributed by atoms with Crippen molar-refractivity contribution in [3.8, 4) is 11.5 Å². The zero-order chi connectivity index (χ0) is 10.6. The average Bonchev–Trinajstić information content (AvgIpc) is 2.15. The highest BCUT2D eigenvalue weighted by Crippen LogP contribution is 2.31. The maximum atomic E-state index is 13.4. The lowest BCUT2D eigenvalue weighted by Gasteiger charge is -2.11. The van der Waals surface area contributed by atoms with Crippen LogP contribution in [0.3, 0.4) is 0 Å². The van der Waals surface area contributed by atoms with Crippen LogP contribution < -0.4 is 15.2 Å². The van der Waals surface area contributed by atoms with Crippen LogP contribution in [0, 0.1) is 12.7 Å². The molecule has 78 valence electrons. The summed E-state index contributed by atoms with van der Waals surface area (Å²) in [6.07, 6.45) is 0. The molecule has 0 aliphatic rings. The zero-order valence-corrected chi connectivity index (χ0v) is 8.34. The summed E-state index contributed by atoms with van der Waals surface area (Å²) in [5.41, 5.74) is 6.05. The first-order valence-electron chi connectivity index (χ1n) is 4.36. The molecule has 0 bridgehead atoms. The maximum absolute atomic E-state index is 13.4. The van der Waals surface area contributed by atoms with E-state index in [9.17, 15) is 4.39 Å². The molecule has 0 heterocycles. The van der Waals surface area contributed by atoms with E-state index in [1.54, 1.807) is 13.0 Å². The first-order chi connectivity index (χ1) is 6.69. The molecule has 0 aliphatic heterocycles. The largest absolute Gasteiger partial charge is 0.493 e. The molecule has 14 heavy (non-hydrogen) atoms. The summed E-state index contributed by atoms with van der Waals surface area (Å²) in [6.45, 7) is 2.41. The van der Waals surface area contributed by atoms with Crippen LogP contribution in [-0.4, -0.2) is 20.3 Å². The Morgan fingerprint density at radius 1 is 1.43 bits per heavy atom. The predicted octanol–water partition coefficient (Wildman–Crippen LogP) is 1.48. The molecule has 4 heteroatoms. The van der Waals surface area contributed by atoms with Gasteiger partial charge in [-0.3, -0.25) is 0 Å². The Morgan fingerprint density at radius 3 is 2.71 bits per heavy atom. The number of aryl methyl sites for hydroxylation is 1. The van der Waals surface area contributed by atoms with E-state index < -0.39 is 5.82 Å². The average molecular weight is 199 g/mol. The lowest BCUT2D eigenvalue weighted by molar-refractivity contribution is 0.287. The third-order valence-corrected chi connectivity index (χ3v) is 1.74. The Morgan fingerprint density at radius 2 is 2.14 bits per heavy atom. The first-order valence-corrected chi connectivity index (χ1v) is 4.36. The Labute approximate surface area is 82.6 Å². The van der Waals surface area contributed by atoms with Gasteiger partial charge in [0.25, 0.3) is 0 Å². The summed E-state index contributed by atoms with van der Waals surface area (Å²) in [4.78, 5) is 0. The fourth-order valence-corrected chi connectivity index (χ4v) is 1.15. The predicted molar refractivity (Wildman–Crippen MR) is 52.2 cm³/mol. The molecule has 0 fully saturated rings. The second-order valence-electron chi connectivity index (χ2n) is 2.92. The van der Waals surface area contributed by atoms with Crippen LogP contribution in [0.4, 0.5) is 4.39 Å². The van der Waals surface area contributed by atoms with Crippen LogP contribution in [0.25, 0.3) is 0 Å². The molecule has 0 aliphatic carbocycles. The lowest BCUT2D eigenvalue weighted by Crippen LogP contribution is -2.12. The number of ether oxygens (including phenoxy) is 2. The summed E-state index contributed by atoms with van der Waals surface area (Å²) in [7, 11) is 1.48. The van der Waals surface area contributed by atoms with E-state index in [4.69, 9.17) is 15.2 Å². The Kier molecular flexibility index (Phi) is 3.71. The summed E-state index contributed by atoms with van der Waals surface area (Å²) < 4.78 is 23.5. The highest BCUT2D eigenvalue weighted by atomic mass is 19.1. The van der Waals surface area contributed by atoms with E-state index >= 15 is 0 Å². The van der Waals surface area contributed by atoms with Crippen LogP contribution in [0.2, 0.25) is 0 Å². The molecule has 0 amide bonds. The van der Waals surface area contributed by atoms with Gasteiger partial charge in [-0.05, 0) is 24.6 Å². The van der Waals surface area contributed by atoms with Gasteiger partial charge in [0, 0.05) is 6.54 Å². The molecule has 2 N–H and O–H groups in total. The van der Waals surface area contributed by atoms with Gasteiger partial charge in [-0.25, -0.2) is 4.39 Å². The molecule has 0 radical (unpaired) electrons. The van der Waals surface area contributed by atoms with E-state index in [1.807, 2.05) is 0 Å². The number of methoxy groups -OCH3 is 1. The molecular weight excluding hydrogens is 185 g/mol. The molecule has 0 aromatic heterocycles. The molecule has 1 rings (SSSR count). The van der Waals surface area contributed by atoms with E-state index in [0.29, 0.717) is 12.3 Å². The quantitative estimate of drug-likeness (QED) is 0.798. The number of hydrogen-bond donors (Lipinski definition) is 1. The second kappa shape index (κ2) is 4.81. The minimum Gasteiger partial charge on any atom is -0.493 e. The van der Waals surface area contributed by atoms with Crippen LogP contribution in [0.5, 0.6) is 11.5 Å². The van der Waals surface area contributed by atoms with Gasteiger partial charge in [0.15, 0.2) is 17.3 Å². The van der Waals surface area contributed by atoms with E-state index in [2.05, 4.69) is 0 Å². The van der Waals surface area contributed by atoms with Gasteiger partial charge in [0.2, 0.25) is 0 Å². The SMILES string of the molecule is COc1cc(C)cc(F)c1OCCN. The van der Waals surface area contributed by atoms with Crippen molar-refractivity contribution in [2.24, 2.45) is 5.73 Å². The smallest absolute Gasteiger partial charge is 0.197 e. The van der Waals surface area contributed by atoms with Crippen molar-refractivity contribution in [2.45, 2.75) is 6.92 Å². The van der Waals surface area contributed by atoms with Crippen molar-refractivity contribution in [2.75, 3.05) is 20.3 Å². The standard InChI is InChI=1S/C10H14FNO2/c1-7-5-8(11)10(14-4-3-12)9(6-7)13-2/h5-6H,3-4,12H2,1-2H3. The molecule has 0 saturated heterocycles. The molecule has 1 aromatic rings. The normalized spacial score (nSPS) is 10.0. The summed E-state index contributed by atoms with van der Waals surface area (Å²) in [5, 5.41) is 0. The fraction of sp³-hybridized carbons (Fsp3) is 0.400. The van der Waals surface area contributed by atoms with Crippen molar-refractivity contribution in [3.05, 3.63) is 23.5 Å². The van der Waals surface area contributed by atoms with Gasteiger partial charge in [-0.15, -0.1) is 0 Å². The zero-order valence-electron chi connectivity index (χ0n) is 8.34. The molecule has 0 unspecified atom stereocenters. The van der Waals surface area contributed by atoms with Crippen molar-refractivity contribution in [1.29, 1.82) is 0 Å². The van der Waals surface area contributed by atoms with Gasteiger partial charge >= 0.3 is 0 Å². The van der Waals surface area contributed by atoms with Crippen LogP contribution in [0.1, 0.15) is 5.56 Å². The van der Waals surface area contributed by atoms with Crippen LogP contribution >= 0.6 is 0 Å². The monoisotopic (exact) mass is 199 g/mol. The number of hydrogen-bond acceptors (Lipinski definition) is 3. The number of halogens is 1. The maximum Gasteiger partial charge on any atom is 0.197 e. The van der Waals surface area contributed by atoms with Crippen molar-refractivity contribution in [3.63, 3.8) is 0 Å². The van der Waals surface area contributed by atoms with Gasteiger partial charge in [-0.1, -0.05) is 0 Å². The molecule has 0 saturated carbocycles. The van der Waals surface area contributed by atoms with Gasteiger partial charge in [0.05, 0.1) is 7.11 Å². The highest BCUT2D eigenvalue weighted by Gasteiger charge is 2.11. The van der Waals surface area contributed by atoms with Gasteiger partial charge in [0.1, 0.15) is 6.61 Å². The third-order valence-electron chi connectivity index (χ3n) is 1.74. The van der Waals surface area contributed by atoms with Gasteiger partial charge < -0.3 is 15.2 Å². The third kappa shape index (κ3) is 2.35. The Bertz CT molecular complexity index is 315. The molecule has 1 aromatic carbocycles. The minimum atomic E-state index is -0.421. The first kappa shape index (κ1) is 10.8. The second-order valence-corrected chi connectivity index (χ2v) is 2.92. The van der Waals surface area contributed by atoms with Crippen molar-refractivity contribution in [1.82, 2.24) is 0 Å². The van der Waals surface area contributed by atoms with E-state index in [1.165, 1.54) is 13.2 Å². The number of rotatable bonds is 4. The van der Waals surface area contributed by atoms with Gasteiger partial charge in [-0.2, -0.15) is 0 Å². The number of nitrogens with two attached hydrogens (primary N) is 1. The van der Waals surface area contributed by atoms with E-state index in [-0.39, 0.29) is 12.4 Å². The summed E-state index contributed by atoms with van der Waals surface area (Å²) >= 11 is 0. The molecular formula is C10H14FNO2. The minimum absolute atomic E-state index is 0.128. The lowest BCUT2D eigenvalue weighted by atomic mass is 10.2. The summed E-state index contributed by atoms with van der Waals surface area (Å²) in [6, 6.07) is 3.11. The van der Waals surface area contributed by atoms with Crippen molar-refractivity contribution < 1.29 is 13.9 Å². The fourth-order valence-electron chi connectivity index (χ4n) is 1.15. The number of benzene rings is 1.